The fourth-order valence-corrected chi connectivity index (χ4v) is 4.09. The van der Waals surface area contributed by atoms with Crippen molar-refractivity contribution in [3.05, 3.63) is 59.9 Å². The Hall–Kier alpha value is -2.12. The molecule has 4 nitrogen and oxygen atoms in total. The SMILES string of the molecule is CC(C)c1ccc(Nc2nnc(SCCCOc3ccc(F)cc3)s2)cc1. The molecule has 0 aliphatic heterocycles. The van der Waals surface area contributed by atoms with Crippen LogP contribution in [0.1, 0.15) is 31.7 Å². The molecule has 0 aliphatic carbocycles. The van der Waals surface area contributed by atoms with E-state index in [0.717, 1.165) is 27.3 Å². The summed E-state index contributed by atoms with van der Waals surface area (Å²) in [5.74, 6) is 1.84. The van der Waals surface area contributed by atoms with Crippen LogP contribution in [0.15, 0.2) is 52.9 Å². The standard InChI is InChI=1S/C20H22FN3OS2/c1-14(2)15-4-8-17(9-5-15)22-19-23-24-20(27-19)26-13-3-12-25-18-10-6-16(21)7-11-18/h4-11,14H,3,12-13H2,1-2H3,(H,22,23). The summed E-state index contributed by atoms with van der Waals surface area (Å²) in [5.41, 5.74) is 2.33. The van der Waals surface area contributed by atoms with Gasteiger partial charge in [-0.05, 0) is 54.3 Å². The maximum absolute atomic E-state index is 12.8. The van der Waals surface area contributed by atoms with Gasteiger partial charge in [0.1, 0.15) is 11.6 Å². The fraction of sp³-hybridized carbons (Fsp3) is 0.300. The number of rotatable bonds is 9. The molecular formula is C20H22FN3OS2. The molecule has 1 N–H and O–H groups in total. The maximum Gasteiger partial charge on any atom is 0.210 e. The monoisotopic (exact) mass is 403 g/mol. The molecule has 0 saturated heterocycles. The second kappa shape index (κ2) is 9.71. The zero-order chi connectivity index (χ0) is 19.1. The lowest BCUT2D eigenvalue weighted by Gasteiger charge is -2.06. The minimum Gasteiger partial charge on any atom is -0.494 e. The number of halogens is 1. The first kappa shape index (κ1) is 19.6. The Kier molecular flexibility index (Phi) is 7.06. The van der Waals surface area contributed by atoms with Crippen molar-refractivity contribution in [2.45, 2.75) is 30.5 Å². The summed E-state index contributed by atoms with van der Waals surface area (Å²) in [6, 6.07) is 14.5. The van der Waals surface area contributed by atoms with Crippen LogP contribution in [-0.2, 0) is 0 Å². The van der Waals surface area contributed by atoms with Crippen LogP contribution >= 0.6 is 23.1 Å². The molecular weight excluding hydrogens is 381 g/mol. The van der Waals surface area contributed by atoms with Gasteiger partial charge in [0.25, 0.3) is 0 Å². The summed E-state index contributed by atoms with van der Waals surface area (Å²) in [4.78, 5) is 0. The Morgan fingerprint density at radius 2 is 1.81 bits per heavy atom. The Balaban J connectivity index is 1.39. The van der Waals surface area contributed by atoms with Gasteiger partial charge in [-0.25, -0.2) is 4.39 Å². The molecule has 1 aromatic heterocycles. The van der Waals surface area contributed by atoms with Crippen LogP contribution in [0, 0.1) is 5.82 Å². The number of hydrogen-bond acceptors (Lipinski definition) is 6. The lowest BCUT2D eigenvalue weighted by molar-refractivity contribution is 0.318. The molecule has 0 aliphatic rings. The van der Waals surface area contributed by atoms with Crippen molar-refractivity contribution in [1.82, 2.24) is 10.2 Å². The van der Waals surface area contributed by atoms with E-state index in [1.165, 1.54) is 17.7 Å². The van der Waals surface area contributed by atoms with E-state index >= 15 is 0 Å². The molecule has 142 valence electrons. The van der Waals surface area contributed by atoms with Crippen molar-refractivity contribution in [3.63, 3.8) is 0 Å². The summed E-state index contributed by atoms with van der Waals surface area (Å²) in [6.07, 6.45) is 0.876. The number of nitrogens with zero attached hydrogens (tertiary/aromatic N) is 2. The number of nitrogens with one attached hydrogen (secondary N) is 1. The summed E-state index contributed by atoms with van der Waals surface area (Å²) in [5, 5.41) is 12.5. The first-order chi connectivity index (χ1) is 13.1. The highest BCUT2D eigenvalue weighted by molar-refractivity contribution is 8.01. The number of thioether (sulfide) groups is 1. The smallest absolute Gasteiger partial charge is 0.210 e. The molecule has 3 aromatic rings. The Morgan fingerprint density at radius 1 is 1.07 bits per heavy atom. The van der Waals surface area contributed by atoms with Crippen molar-refractivity contribution in [3.8, 4) is 5.75 Å². The van der Waals surface area contributed by atoms with Gasteiger partial charge in [0.05, 0.1) is 6.61 Å². The van der Waals surface area contributed by atoms with E-state index in [2.05, 4.69) is 53.6 Å². The van der Waals surface area contributed by atoms with E-state index in [-0.39, 0.29) is 5.82 Å². The van der Waals surface area contributed by atoms with Crippen LogP contribution in [0.5, 0.6) is 5.75 Å². The molecule has 0 unspecified atom stereocenters. The van der Waals surface area contributed by atoms with Gasteiger partial charge in [0.2, 0.25) is 5.13 Å². The van der Waals surface area contributed by atoms with Crippen LogP contribution in [0.4, 0.5) is 15.2 Å². The Morgan fingerprint density at radius 3 is 2.52 bits per heavy atom. The molecule has 27 heavy (non-hydrogen) atoms. The van der Waals surface area contributed by atoms with E-state index in [1.54, 1.807) is 35.2 Å². The van der Waals surface area contributed by atoms with Gasteiger partial charge in [0.15, 0.2) is 4.34 Å². The van der Waals surface area contributed by atoms with Gasteiger partial charge in [-0.15, -0.1) is 10.2 Å². The van der Waals surface area contributed by atoms with E-state index in [1.807, 2.05) is 0 Å². The first-order valence-electron chi connectivity index (χ1n) is 8.82. The highest BCUT2D eigenvalue weighted by atomic mass is 32.2. The van der Waals surface area contributed by atoms with Crippen molar-refractivity contribution >= 4 is 33.9 Å². The topological polar surface area (TPSA) is 47.0 Å². The van der Waals surface area contributed by atoms with Crippen LogP contribution in [0.2, 0.25) is 0 Å². The number of hydrogen-bond donors (Lipinski definition) is 1. The summed E-state index contributed by atoms with van der Waals surface area (Å²) < 4.78 is 19.3. The molecule has 0 amide bonds. The second-order valence-electron chi connectivity index (χ2n) is 6.28. The van der Waals surface area contributed by atoms with E-state index in [9.17, 15) is 4.39 Å². The van der Waals surface area contributed by atoms with Gasteiger partial charge in [0, 0.05) is 11.4 Å². The van der Waals surface area contributed by atoms with Gasteiger partial charge in [-0.1, -0.05) is 49.1 Å². The summed E-state index contributed by atoms with van der Waals surface area (Å²) in [7, 11) is 0. The fourth-order valence-electron chi connectivity index (χ4n) is 2.33. The van der Waals surface area contributed by atoms with Gasteiger partial charge in [-0.2, -0.15) is 0 Å². The third-order valence-electron chi connectivity index (χ3n) is 3.83. The zero-order valence-electron chi connectivity index (χ0n) is 15.3. The molecule has 0 bridgehead atoms. The van der Waals surface area contributed by atoms with Gasteiger partial charge < -0.3 is 10.1 Å². The highest BCUT2D eigenvalue weighted by Gasteiger charge is 2.06. The first-order valence-corrected chi connectivity index (χ1v) is 10.6. The number of benzene rings is 2. The van der Waals surface area contributed by atoms with Crippen molar-refractivity contribution < 1.29 is 9.13 Å². The summed E-state index contributed by atoms with van der Waals surface area (Å²) >= 11 is 3.20. The molecule has 0 fully saturated rings. The molecule has 2 aromatic carbocycles. The molecule has 0 saturated carbocycles. The van der Waals surface area contributed by atoms with Crippen molar-refractivity contribution in [2.24, 2.45) is 0 Å². The molecule has 7 heteroatoms. The normalized spacial score (nSPS) is 11.0. The second-order valence-corrected chi connectivity index (χ2v) is 8.60. The molecule has 0 radical (unpaired) electrons. The average Bonchev–Trinajstić information content (AvgIpc) is 3.10. The van der Waals surface area contributed by atoms with Gasteiger partial charge >= 0.3 is 0 Å². The van der Waals surface area contributed by atoms with Crippen LogP contribution in [0.3, 0.4) is 0 Å². The van der Waals surface area contributed by atoms with Gasteiger partial charge in [-0.3, -0.25) is 0 Å². The lowest BCUT2D eigenvalue weighted by atomic mass is 10.0. The number of ether oxygens (including phenoxy) is 1. The molecule has 3 rings (SSSR count). The molecule has 0 spiro atoms. The predicted molar refractivity (Wildman–Crippen MR) is 111 cm³/mol. The minimum absolute atomic E-state index is 0.255. The highest BCUT2D eigenvalue weighted by Crippen LogP contribution is 2.28. The largest absolute Gasteiger partial charge is 0.494 e. The zero-order valence-corrected chi connectivity index (χ0v) is 16.9. The van der Waals surface area contributed by atoms with Crippen molar-refractivity contribution in [1.29, 1.82) is 0 Å². The maximum atomic E-state index is 12.8. The van der Waals surface area contributed by atoms with Crippen LogP contribution in [-0.4, -0.2) is 22.6 Å². The number of aromatic nitrogens is 2. The molecule has 1 heterocycles. The quantitative estimate of drug-likeness (QED) is 0.345. The Bertz CT molecular complexity index is 835. The predicted octanol–water partition coefficient (Wildman–Crippen LogP) is 6.11. The van der Waals surface area contributed by atoms with E-state index in [4.69, 9.17) is 4.74 Å². The Labute approximate surface area is 167 Å². The average molecular weight is 404 g/mol. The molecule has 0 atom stereocenters. The lowest BCUT2D eigenvalue weighted by Crippen LogP contribution is -1.98. The summed E-state index contributed by atoms with van der Waals surface area (Å²) in [6.45, 7) is 4.95. The van der Waals surface area contributed by atoms with E-state index < -0.39 is 0 Å². The third kappa shape index (κ3) is 6.22. The van der Waals surface area contributed by atoms with Crippen LogP contribution in [0.25, 0.3) is 0 Å². The minimum atomic E-state index is -0.255. The van der Waals surface area contributed by atoms with E-state index in [0.29, 0.717) is 18.3 Å². The van der Waals surface area contributed by atoms with Crippen molar-refractivity contribution in [2.75, 3.05) is 17.7 Å². The number of anilines is 2. The van der Waals surface area contributed by atoms with Crippen LogP contribution < -0.4 is 10.1 Å². The third-order valence-corrected chi connectivity index (χ3v) is 5.89.